The van der Waals surface area contributed by atoms with Gasteiger partial charge in [0.05, 0.1) is 21.2 Å². The van der Waals surface area contributed by atoms with E-state index in [9.17, 15) is 27.2 Å². The van der Waals surface area contributed by atoms with Crippen molar-refractivity contribution in [2.24, 2.45) is 0 Å². The molecule has 3 nitrogen and oxygen atoms in total. The fraction of sp³-hybridized carbons (Fsp3) is 0.0588. The van der Waals surface area contributed by atoms with E-state index < -0.39 is 28.7 Å². The molecule has 1 saturated heterocycles. The first-order valence-electron chi connectivity index (χ1n) is 7.07. The zero-order chi connectivity index (χ0) is 19.1. The molecule has 9 heteroatoms. The number of hydrogen-bond donors (Lipinski definition) is 0. The molecule has 1 aliphatic heterocycles. The molecule has 3 rings (SSSR count). The van der Waals surface area contributed by atoms with Crippen molar-refractivity contribution in [3.63, 3.8) is 0 Å². The molecule has 0 atom stereocenters. The Morgan fingerprint density at radius 3 is 2.42 bits per heavy atom. The minimum absolute atomic E-state index is 0.0378. The van der Waals surface area contributed by atoms with Gasteiger partial charge in [-0.1, -0.05) is 23.7 Å². The van der Waals surface area contributed by atoms with Crippen LogP contribution in [0.25, 0.3) is 6.08 Å². The van der Waals surface area contributed by atoms with Crippen molar-refractivity contribution in [3.8, 4) is 0 Å². The van der Waals surface area contributed by atoms with Crippen molar-refractivity contribution in [1.82, 2.24) is 0 Å². The lowest BCUT2D eigenvalue weighted by molar-refractivity contribution is -0.137. The first-order chi connectivity index (χ1) is 12.2. The highest BCUT2D eigenvalue weighted by Gasteiger charge is 2.38. The van der Waals surface area contributed by atoms with Crippen LogP contribution in [-0.2, 0) is 11.0 Å². The van der Waals surface area contributed by atoms with Crippen molar-refractivity contribution in [2.45, 2.75) is 6.18 Å². The van der Waals surface area contributed by atoms with Crippen LogP contribution in [0.5, 0.6) is 0 Å². The van der Waals surface area contributed by atoms with Gasteiger partial charge in [-0.2, -0.15) is 13.2 Å². The van der Waals surface area contributed by atoms with Crippen LogP contribution in [0.4, 0.5) is 28.0 Å². The van der Waals surface area contributed by atoms with Gasteiger partial charge in [-0.3, -0.25) is 9.59 Å². The van der Waals surface area contributed by atoms with Gasteiger partial charge in [0, 0.05) is 5.56 Å². The molecule has 0 N–H and O–H groups in total. The van der Waals surface area contributed by atoms with Crippen LogP contribution in [-0.4, -0.2) is 11.1 Å². The number of carbonyl (C=O) groups is 2. The van der Waals surface area contributed by atoms with Gasteiger partial charge in [0.15, 0.2) is 0 Å². The van der Waals surface area contributed by atoms with Crippen LogP contribution < -0.4 is 4.90 Å². The van der Waals surface area contributed by atoms with Crippen LogP contribution in [0.3, 0.4) is 0 Å². The molecule has 0 saturated carbocycles. The lowest BCUT2D eigenvalue weighted by Crippen LogP contribution is -2.28. The van der Waals surface area contributed by atoms with Crippen molar-refractivity contribution >= 4 is 46.3 Å². The second-order valence-corrected chi connectivity index (χ2v) is 6.60. The Morgan fingerprint density at radius 2 is 1.77 bits per heavy atom. The number of carbonyl (C=O) groups excluding carboxylic acids is 2. The van der Waals surface area contributed by atoms with E-state index in [0.29, 0.717) is 22.7 Å². The molecule has 0 spiro atoms. The molecule has 0 bridgehead atoms. The number of nitrogens with zero attached hydrogens (tertiary/aromatic N) is 1. The number of thioether (sulfide) groups is 1. The summed E-state index contributed by atoms with van der Waals surface area (Å²) in [5.74, 6) is -1.54. The molecule has 2 amide bonds. The van der Waals surface area contributed by atoms with E-state index in [4.69, 9.17) is 11.6 Å². The molecule has 2 aromatic carbocycles. The van der Waals surface area contributed by atoms with E-state index in [1.165, 1.54) is 18.2 Å². The average molecular weight is 402 g/mol. The third-order valence-electron chi connectivity index (χ3n) is 3.50. The van der Waals surface area contributed by atoms with Gasteiger partial charge >= 0.3 is 6.18 Å². The quantitative estimate of drug-likeness (QED) is 0.475. The smallest absolute Gasteiger partial charge is 0.268 e. The summed E-state index contributed by atoms with van der Waals surface area (Å²) in [6, 6.07) is 7.77. The second-order valence-electron chi connectivity index (χ2n) is 5.20. The highest BCUT2D eigenvalue weighted by molar-refractivity contribution is 8.19. The Morgan fingerprint density at radius 1 is 1.08 bits per heavy atom. The van der Waals surface area contributed by atoms with Gasteiger partial charge in [-0.05, 0) is 48.2 Å². The van der Waals surface area contributed by atoms with E-state index in [1.807, 2.05) is 0 Å². The first-order valence-corrected chi connectivity index (χ1v) is 8.27. The summed E-state index contributed by atoms with van der Waals surface area (Å²) in [7, 11) is 0. The Balaban J connectivity index is 1.99. The highest BCUT2D eigenvalue weighted by Crippen LogP contribution is 2.39. The lowest BCUT2D eigenvalue weighted by atomic mass is 10.1. The summed E-state index contributed by atoms with van der Waals surface area (Å²) in [5, 5.41) is -0.746. The van der Waals surface area contributed by atoms with E-state index in [0.717, 1.165) is 24.3 Å². The maximum Gasteiger partial charge on any atom is 0.416 e. The van der Waals surface area contributed by atoms with Crippen LogP contribution >= 0.6 is 23.4 Å². The van der Waals surface area contributed by atoms with Crippen LogP contribution in [0.15, 0.2) is 47.4 Å². The molecule has 0 aromatic heterocycles. The number of halogens is 5. The monoisotopic (exact) mass is 401 g/mol. The average Bonchev–Trinajstić information content (AvgIpc) is 2.84. The van der Waals surface area contributed by atoms with E-state index in [1.54, 1.807) is 0 Å². The largest absolute Gasteiger partial charge is 0.416 e. The van der Waals surface area contributed by atoms with Crippen LogP contribution in [0.1, 0.15) is 11.1 Å². The molecule has 26 heavy (non-hydrogen) atoms. The predicted molar refractivity (Wildman–Crippen MR) is 91.3 cm³/mol. The maximum absolute atomic E-state index is 13.9. The number of hydrogen-bond acceptors (Lipinski definition) is 3. The SMILES string of the molecule is O=C1S/C(=C\c2c(F)cccc2Cl)C(=O)N1c1cccc(C(F)(F)F)c1. The van der Waals surface area contributed by atoms with E-state index >= 15 is 0 Å². The molecule has 2 aromatic rings. The summed E-state index contributed by atoms with van der Waals surface area (Å²) in [4.78, 5) is 25.1. The number of anilines is 1. The van der Waals surface area contributed by atoms with Gasteiger partial charge in [0.2, 0.25) is 0 Å². The number of benzene rings is 2. The van der Waals surface area contributed by atoms with Crippen molar-refractivity contribution in [2.75, 3.05) is 4.90 Å². The van der Waals surface area contributed by atoms with E-state index in [-0.39, 0.29) is 21.2 Å². The summed E-state index contributed by atoms with van der Waals surface area (Å²) in [6.07, 6.45) is -3.51. The zero-order valence-corrected chi connectivity index (χ0v) is 14.3. The minimum atomic E-state index is -4.62. The van der Waals surface area contributed by atoms with Crippen molar-refractivity contribution in [3.05, 3.63) is 69.3 Å². The highest BCUT2D eigenvalue weighted by atomic mass is 35.5. The minimum Gasteiger partial charge on any atom is -0.268 e. The fourth-order valence-electron chi connectivity index (χ4n) is 2.29. The molecule has 134 valence electrons. The molecule has 1 aliphatic rings. The fourth-order valence-corrected chi connectivity index (χ4v) is 3.33. The predicted octanol–water partition coefficient (Wildman–Crippen LogP) is 5.74. The topological polar surface area (TPSA) is 37.4 Å². The number of amides is 2. The summed E-state index contributed by atoms with van der Waals surface area (Å²) < 4.78 is 52.4. The van der Waals surface area contributed by atoms with Gasteiger partial charge in [-0.25, -0.2) is 9.29 Å². The van der Waals surface area contributed by atoms with Crippen molar-refractivity contribution in [1.29, 1.82) is 0 Å². The summed E-state index contributed by atoms with van der Waals surface area (Å²) in [5.41, 5.74) is -1.29. The van der Waals surface area contributed by atoms with Crippen LogP contribution in [0, 0.1) is 5.82 Å². The van der Waals surface area contributed by atoms with Gasteiger partial charge < -0.3 is 0 Å². The zero-order valence-electron chi connectivity index (χ0n) is 12.7. The third kappa shape index (κ3) is 3.47. The molecule has 0 radical (unpaired) electrons. The molecular formula is C17H8ClF4NO2S. The number of imide groups is 1. The second kappa shape index (κ2) is 6.77. The van der Waals surface area contributed by atoms with Gasteiger partial charge in [-0.15, -0.1) is 0 Å². The summed E-state index contributed by atoms with van der Waals surface area (Å²) in [6.45, 7) is 0. The molecule has 0 aliphatic carbocycles. The Kier molecular flexibility index (Phi) is 4.81. The molecule has 1 heterocycles. The third-order valence-corrected chi connectivity index (χ3v) is 4.70. The molecule has 1 fully saturated rings. The van der Waals surface area contributed by atoms with Crippen molar-refractivity contribution < 1.29 is 27.2 Å². The number of alkyl halides is 3. The maximum atomic E-state index is 13.9. The Hall–Kier alpha value is -2.32. The molecule has 0 unspecified atom stereocenters. The molecular weight excluding hydrogens is 394 g/mol. The van der Waals surface area contributed by atoms with Gasteiger partial charge in [0.1, 0.15) is 5.82 Å². The lowest BCUT2D eigenvalue weighted by Gasteiger charge is -2.14. The number of rotatable bonds is 2. The van der Waals surface area contributed by atoms with E-state index in [2.05, 4.69) is 0 Å². The summed E-state index contributed by atoms with van der Waals surface area (Å²) >= 11 is 6.38. The normalized spacial score (nSPS) is 16.7. The Labute approximate surface area is 154 Å². The standard InChI is InChI=1S/C17H8ClF4NO2S/c18-12-5-2-6-13(19)11(12)8-14-15(24)23(16(25)26-14)10-4-1-3-9(7-10)17(20,21)22/h1-8H/b14-8-. The first kappa shape index (κ1) is 18.5. The van der Waals surface area contributed by atoms with Gasteiger partial charge in [0.25, 0.3) is 11.1 Å². The Bertz CT molecular complexity index is 922. The van der Waals surface area contributed by atoms with Crippen LogP contribution in [0.2, 0.25) is 5.02 Å².